The third-order valence-corrected chi connectivity index (χ3v) is 2.46. The lowest BCUT2D eigenvalue weighted by atomic mass is 9.97. The van der Waals surface area contributed by atoms with Crippen molar-refractivity contribution in [1.82, 2.24) is 4.90 Å². The second-order valence-corrected chi connectivity index (χ2v) is 3.36. The average molecular weight is 178 g/mol. The van der Waals surface area contributed by atoms with Crippen LogP contribution in [-0.2, 0) is 4.79 Å². The largest absolute Gasteiger partial charge is 0.378 e. The summed E-state index contributed by atoms with van der Waals surface area (Å²) in [6.07, 6.45) is 0.728. The van der Waals surface area contributed by atoms with E-state index in [-0.39, 0.29) is 11.2 Å². The van der Waals surface area contributed by atoms with Gasteiger partial charge in [0.25, 0.3) is 0 Å². The molecule has 0 bridgehead atoms. The highest BCUT2D eigenvalue weighted by Gasteiger charge is 2.27. The van der Waals surface area contributed by atoms with E-state index in [1.165, 1.54) is 0 Å². The summed E-state index contributed by atoms with van der Waals surface area (Å²) in [7, 11) is 1.83. The Morgan fingerprint density at radius 3 is 2.82 bits per heavy atom. The summed E-state index contributed by atoms with van der Waals surface area (Å²) < 4.78 is 0. The number of aliphatic hydroxyl groups excluding tert-OH is 1. The van der Waals surface area contributed by atoms with Gasteiger partial charge in [-0.25, -0.2) is 0 Å². The first kappa shape index (κ1) is 8.97. The predicted octanol–water partition coefficient (Wildman–Crippen LogP) is 0.412. The van der Waals surface area contributed by atoms with Crippen LogP contribution < -0.4 is 0 Å². The van der Waals surface area contributed by atoms with Gasteiger partial charge in [-0.2, -0.15) is 0 Å². The van der Waals surface area contributed by atoms with Gasteiger partial charge < -0.3 is 5.11 Å². The van der Waals surface area contributed by atoms with Crippen molar-refractivity contribution >= 4 is 16.8 Å². The minimum absolute atomic E-state index is 0.150. The molecule has 11 heavy (non-hydrogen) atoms. The quantitative estimate of drug-likeness (QED) is 0.590. The number of hydrogen-bond donors (Lipinski definition) is 1. The molecule has 2 unspecified atom stereocenters. The van der Waals surface area contributed by atoms with E-state index >= 15 is 0 Å². The summed E-state index contributed by atoms with van der Waals surface area (Å²) in [6, 6.07) is 0. The molecule has 0 aromatic carbocycles. The van der Waals surface area contributed by atoms with Gasteiger partial charge in [0, 0.05) is 12.5 Å². The van der Waals surface area contributed by atoms with E-state index in [9.17, 15) is 9.90 Å². The maximum absolute atomic E-state index is 10.7. The van der Waals surface area contributed by atoms with Gasteiger partial charge in [-0.1, -0.05) is 0 Å². The lowest BCUT2D eigenvalue weighted by Gasteiger charge is -2.31. The molecule has 1 aliphatic rings. The smallest absolute Gasteiger partial charge is 0.224 e. The highest BCUT2D eigenvalue weighted by Crippen LogP contribution is 2.21. The number of carbonyl (C=O) groups excluding carboxylic acids is 1. The fraction of sp³-hybridized carbons (Fsp3) is 0.857. The van der Waals surface area contributed by atoms with Gasteiger partial charge in [-0.05, 0) is 31.5 Å². The monoisotopic (exact) mass is 177 g/mol. The summed E-state index contributed by atoms with van der Waals surface area (Å²) in [5, 5.41) is 8.99. The van der Waals surface area contributed by atoms with Crippen LogP contribution in [0.25, 0.3) is 0 Å². The van der Waals surface area contributed by atoms with Crippen molar-refractivity contribution in [3.63, 3.8) is 0 Å². The number of likely N-dealkylation sites (tertiary alicyclic amines) is 1. The van der Waals surface area contributed by atoms with Crippen LogP contribution in [0.2, 0.25) is 0 Å². The van der Waals surface area contributed by atoms with Crippen LogP contribution in [0, 0.1) is 5.92 Å². The average Bonchev–Trinajstić information content (AvgIpc) is 1.94. The highest BCUT2D eigenvalue weighted by molar-refractivity contribution is 6.63. The van der Waals surface area contributed by atoms with Gasteiger partial charge in [0.15, 0.2) is 0 Å². The summed E-state index contributed by atoms with van der Waals surface area (Å²) >= 11 is 5.30. The Kier molecular flexibility index (Phi) is 2.87. The van der Waals surface area contributed by atoms with E-state index in [2.05, 4.69) is 0 Å². The van der Waals surface area contributed by atoms with Crippen molar-refractivity contribution in [3.8, 4) is 0 Å². The molecule has 1 aliphatic heterocycles. The zero-order valence-electron chi connectivity index (χ0n) is 6.46. The first-order valence-corrected chi connectivity index (χ1v) is 4.06. The maximum Gasteiger partial charge on any atom is 0.224 e. The van der Waals surface area contributed by atoms with E-state index in [0.717, 1.165) is 13.0 Å². The highest BCUT2D eigenvalue weighted by atomic mass is 35.5. The molecule has 3 nitrogen and oxygen atoms in total. The van der Waals surface area contributed by atoms with Gasteiger partial charge in [0.2, 0.25) is 5.24 Å². The molecule has 0 aromatic heterocycles. The van der Waals surface area contributed by atoms with E-state index in [0.29, 0.717) is 6.42 Å². The molecule has 1 heterocycles. The van der Waals surface area contributed by atoms with Gasteiger partial charge in [-0.15, -0.1) is 0 Å². The van der Waals surface area contributed by atoms with Crippen LogP contribution in [0.15, 0.2) is 0 Å². The van der Waals surface area contributed by atoms with Gasteiger partial charge >= 0.3 is 0 Å². The predicted molar refractivity (Wildman–Crippen MR) is 42.2 cm³/mol. The van der Waals surface area contributed by atoms with Crippen molar-refractivity contribution in [2.45, 2.75) is 19.1 Å². The summed E-state index contributed by atoms with van der Waals surface area (Å²) in [6.45, 7) is 0.740. The van der Waals surface area contributed by atoms with Gasteiger partial charge in [0.05, 0.1) is 0 Å². The second-order valence-electron chi connectivity index (χ2n) is 2.99. The third kappa shape index (κ3) is 2.15. The Bertz CT molecular complexity index is 163. The summed E-state index contributed by atoms with van der Waals surface area (Å²) in [5.74, 6) is -0.150. The fourth-order valence-corrected chi connectivity index (χ4v) is 1.47. The number of rotatable bonds is 1. The van der Waals surface area contributed by atoms with Crippen LogP contribution >= 0.6 is 11.6 Å². The van der Waals surface area contributed by atoms with Crippen molar-refractivity contribution in [2.75, 3.05) is 13.6 Å². The van der Waals surface area contributed by atoms with Crippen molar-refractivity contribution in [1.29, 1.82) is 0 Å². The number of nitrogens with zero attached hydrogens (tertiary/aromatic N) is 1. The van der Waals surface area contributed by atoms with E-state index < -0.39 is 6.23 Å². The number of aliphatic hydroxyl groups is 1. The normalized spacial score (nSPS) is 33.7. The number of hydrogen-bond acceptors (Lipinski definition) is 3. The maximum atomic E-state index is 10.7. The SMILES string of the molecule is CN1CCC(C(=O)Cl)CC1O. The Morgan fingerprint density at radius 1 is 1.73 bits per heavy atom. The molecule has 0 aromatic rings. The first-order chi connectivity index (χ1) is 5.11. The van der Waals surface area contributed by atoms with Crippen molar-refractivity contribution in [2.24, 2.45) is 5.92 Å². The second kappa shape index (κ2) is 3.52. The molecule has 1 rings (SSSR count). The van der Waals surface area contributed by atoms with Crippen LogP contribution in [0.5, 0.6) is 0 Å². The standard InChI is InChI=1S/C7H12ClNO2/c1-9-3-2-5(7(8)11)4-6(9)10/h5-6,10H,2-4H2,1H3. The fourth-order valence-electron chi connectivity index (χ4n) is 1.27. The summed E-state index contributed by atoms with van der Waals surface area (Å²) in [4.78, 5) is 12.5. The lowest BCUT2D eigenvalue weighted by Crippen LogP contribution is -2.40. The van der Waals surface area contributed by atoms with Crippen molar-refractivity contribution < 1.29 is 9.90 Å². The molecular weight excluding hydrogens is 166 g/mol. The number of carbonyl (C=O) groups is 1. The molecule has 0 aliphatic carbocycles. The minimum atomic E-state index is -0.503. The van der Waals surface area contributed by atoms with Crippen LogP contribution in [0.3, 0.4) is 0 Å². The van der Waals surface area contributed by atoms with Gasteiger partial charge in [-0.3, -0.25) is 9.69 Å². The zero-order valence-corrected chi connectivity index (χ0v) is 7.21. The Hall–Kier alpha value is -0.120. The number of halogens is 1. The molecule has 0 radical (unpaired) electrons. The lowest BCUT2D eigenvalue weighted by molar-refractivity contribution is -0.120. The topological polar surface area (TPSA) is 40.5 Å². The molecule has 0 spiro atoms. The van der Waals surface area contributed by atoms with E-state index in [4.69, 9.17) is 11.6 Å². The molecule has 2 atom stereocenters. The van der Waals surface area contributed by atoms with E-state index in [1.807, 2.05) is 11.9 Å². The Morgan fingerprint density at radius 2 is 2.36 bits per heavy atom. The van der Waals surface area contributed by atoms with Crippen molar-refractivity contribution in [3.05, 3.63) is 0 Å². The molecular formula is C7H12ClNO2. The first-order valence-electron chi connectivity index (χ1n) is 3.69. The van der Waals surface area contributed by atoms with Crippen LogP contribution in [-0.4, -0.2) is 35.1 Å². The molecule has 0 amide bonds. The molecule has 4 heteroatoms. The zero-order chi connectivity index (χ0) is 8.43. The van der Waals surface area contributed by atoms with Crippen LogP contribution in [0.1, 0.15) is 12.8 Å². The molecule has 1 saturated heterocycles. The third-order valence-electron chi connectivity index (χ3n) is 2.16. The minimum Gasteiger partial charge on any atom is -0.378 e. The van der Waals surface area contributed by atoms with Crippen LogP contribution in [0.4, 0.5) is 0 Å². The Labute approximate surface area is 70.9 Å². The number of piperidine rings is 1. The molecule has 0 saturated carbocycles. The molecule has 1 N–H and O–H groups in total. The van der Waals surface area contributed by atoms with Gasteiger partial charge in [0.1, 0.15) is 6.23 Å². The summed E-state index contributed by atoms with van der Waals surface area (Å²) in [5.41, 5.74) is 0. The molecule has 64 valence electrons. The Balaban J connectivity index is 2.46. The molecule has 1 fully saturated rings. The van der Waals surface area contributed by atoms with E-state index in [1.54, 1.807) is 0 Å².